The van der Waals surface area contributed by atoms with Crippen molar-refractivity contribution in [3.05, 3.63) is 137 Å². The Morgan fingerprint density at radius 3 is 2.20 bits per heavy atom. The smallest absolute Gasteiger partial charge is 0.223 e. The molecule has 7 heteroatoms. The van der Waals surface area contributed by atoms with Crippen LogP contribution in [0.1, 0.15) is 29.0 Å². The molecule has 1 aromatic heterocycles. The molecule has 2 heterocycles. The Balaban J connectivity index is 1.28. The minimum atomic E-state index is -0.310. The van der Waals surface area contributed by atoms with E-state index in [1.165, 1.54) is 24.3 Å². The maximum Gasteiger partial charge on any atom is 0.223 e. The number of amides is 1. The van der Waals surface area contributed by atoms with Gasteiger partial charge in [-0.05, 0) is 65.2 Å². The molecule has 0 saturated carbocycles. The molecule has 0 aliphatic carbocycles. The Morgan fingerprint density at radius 2 is 1.49 bits per heavy atom. The number of anilines is 1. The first kappa shape index (κ1) is 27.0. The summed E-state index contributed by atoms with van der Waals surface area (Å²) in [7, 11) is 0. The summed E-state index contributed by atoms with van der Waals surface area (Å²) in [6.07, 6.45) is 2.36. The standard InChI is InChI=1S/C34H30ClF2N3O/c35-26-4-3-5-29(20-26)38-16-18-39(19-17-38)34(41)21-31(25-10-14-28(37)15-11-25)32-23-40(33-7-2-1-6-30(32)33)22-24-8-12-27(36)13-9-24/h1-15,20,23,31H,16-19,21-22H2. The molecule has 1 fully saturated rings. The lowest BCUT2D eigenvalue weighted by Crippen LogP contribution is -2.49. The van der Waals surface area contributed by atoms with Crippen LogP contribution in [0.15, 0.2) is 103 Å². The first-order valence-corrected chi connectivity index (χ1v) is 14.2. The molecule has 208 valence electrons. The van der Waals surface area contributed by atoms with Gasteiger partial charge in [-0.2, -0.15) is 0 Å². The van der Waals surface area contributed by atoms with Crippen LogP contribution in [0.3, 0.4) is 0 Å². The van der Waals surface area contributed by atoms with E-state index in [1.807, 2.05) is 41.3 Å². The number of benzene rings is 4. The Labute approximate surface area is 243 Å². The minimum Gasteiger partial charge on any atom is -0.368 e. The average molecular weight is 570 g/mol. The van der Waals surface area contributed by atoms with Crippen molar-refractivity contribution in [2.75, 3.05) is 31.1 Å². The van der Waals surface area contributed by atoms with Crippen LogP contribution in [0.4, 0.5) is 14.5 Å². The number of carbonyl (C=O) groups is 1. The number of hydrogen-bond acceptors (Lipinski definition) is 2. The van der Waals surface area contributed by atoms with Crippen LogP contribution < -0.4 is 4.90 Å². The second kappa shape index (κ2) is 11.8. The summed E-state index contributed by atoms with van der Waals surface area (Å²) < 4.78 is 29.6. The fraction of sp³-hybridized carbons (Fsp3) is 0.206. The van der Waals surface area contributed by atoms with Gasteiger partial charge < -0.3 is 14.4 Å². The summed E-state index contributed by atoms with van der Waals surface area (Å²) in [6.45, 7) is 3.26. The molecule has 4 aromatic carbocycles. The molecule has 1 saturated heterocycles. The van der Waals surface area contributed by atoms with Gasteiger partial charge in [0.2, 0.25) is 5.91 Å². The Morgan fingerprint density at radius 1 is 0.805 bits per heavy atom. The Bertz CT molecular complexity index is 1660. The van der Waals surface area contributed by atoms with Crippen molar-refractivity contribution in [1.29, 1.82) is 0 Å². The second-order valence-corrected chi connectivity index (χ2v) is 10.9. The molecular weight excluding hydrogens is 540 g/mol. The number of para-hydroxylation sites is 1. The predicted molar refractivity (Wildman–Crippen MR) is 161 cm³/mol. The van der Waals surface area contributed by atoms with E-state index < -0.39 is 0 Å². The third-order valence-electron chi connectivity index (χ3n) is 7.92. The Kier molecular flexibility index (Phi) is 7.75. The summed E-state index contributed by atoms with van der Waals surface area (Å²) >= 11 is 6.19. The predicted octanol–water partition coefficient (Wildman–Crippen LogP) is 7.49. The van der Waals surface area contributed by atoms with E-state index in [9.17, 15) is 13.6 Å². The van der Waals surface area contributed by atoms with E-state index in [-0.39, 0.29) is 29.9 Å². The summed E-state index contributed by atoms with van der Waals surface area (Å²) in [5.41, 5.74) is 4.97. The van der Waals surface area contributed by atoms with Gasteiger partial charge in [-0.1, -0.05) is 60.1 Å². The molecule has 41 heavy (non-hydrogen) atoms. The van der Waals surface area contributed by atoms with Gasteiger partial charge in [0, 0.05) is 72.9 Å². The highest BCUT2D eigenvalue weighted by molar-refractivity contribution is 6.30. The third-order valence-corrected chi connectivity index (χ3v) is 8.15. The molecule has 0 N–H and O–H groups in total. The molecular formula is C34H30ClF2N3O. The van der Waals surface area contributed by atoms with E-state index in [0.717, 1.165) is 46.4 Å². The molecule has 0 spiro atoms. The normalized spacial score (nSPS) is 14.4. The monoisotopic (exact) mass is 569 g/mol. The third kappa shape index (κ3) is 5.98. The van der Waals surface area contributed by atoms with Gasteiger partial charge in [-0.3, -0.25) is 4.79 Å². The van der Waals surface area contributed by atoms with Gasteiger partial charge in [-0.25, -0.2) is 8.78 Å². The number of rotatable bonds is 7. The van der Waals surface area contributed by atoms with Gasteiger partial charge in [0.15, 0.2) is 0 Å². The van der Waals surface area contributed by atoms with E-state index in [0.29, 0.717) is 24.7 Å². The zero-order valence-electron chi connectivity index (χ0n) is 22.5. The van der Waals surface area contributed by atoms with Crippen molar-refractivity contribution in [3.63, 3.8) is 0 Å². The molecule has 6 rings (SSSR count). The molecule has 5 aromatic rings. The first-order valence-electron chi connectivity index (χ1n) is 13.8. The number of fused-ring (bicyclic) bond motifs is 1. The zero-order valence-corrected chi connectivity index (χ0v) is 23.3. The van der Waals surface area contributed by atoms with E-state index in [2.05, 4.69) is 27.8 Å². The molecule has 4 nitrogen and oxygen atoms in total. The van der Waals surface area contributed by atoms with E-state index >= 15 is 0 Å². The zero-order chi connectivity index (χ0) is 28.3. The number of piperazine rings is 1. The first-order chi connectivity index (χ1) is 19.9. The van der Waals surface area contributed by atoms with Crippen LogP contribution in [0.5, 0.6) is 0 Å². The van der Waals surface area contributed by atoms with Crippen LogP contribution in [0.25, 0.3) is 10.9 Å². The quantitative estimate of drug-likeness (QED) is 0.203. The van der Waals surface area contributed by atoms with Crippen LogP contribution in [-0.4, -0.2) is 41.6 Å². The topological polar surface area (TPSA) is 28.5 Å². The van der Waals surface area contributed by atoms with Gasteiger partial charge in [0.1, 0.15) is 11.6 Å². The van der Waals surface area contributed by atoms with Gasteiger partial charge in [0.25, 0.3) is 0 Å². The highest BCUT2D eigenvalue weighted by Gasteiger charge is 2.27. The van der Waals surface area contributed by atoms with Crippen LogP contribution >= 0.6 is 11.6 Å². The maximum absolute atomic E-state index is 13.9. The lowest BCUT2D eigenvalue weighted by atomic mass is 9.87. The van der Waals surface area contributed by atoms with Crippen LogP contribution in [0, 0.1) is 11.6 Å². The summed E-state index contributed by atoms with van der Waals surface area (Å²) in [4.78, 5) is 17.9. The number of nitrogens with zero attached hydrogens (tertiary/aromatic N) is 3. The van der Waals surface area contributed by atoms with Crippen molar-refractivity contribution >= 4 is 34.1 Å². The second-order valence-electron chi connectivity index (χ2n) is 10.5. The van der Waals surface area contributed by atoms with Crippen LogP contribution in [-0.2, 0) is 11.3 Å². The molecule has 1 aliphatic rings. The van der Waals surface area contributed by atoms with Crippen molar-refractivity contribution in [3.8, 4) is 0 Å². The fourth-order valence-electron chi connectivity index (χ4n) is 5.76. The van der Waals surface area contributed by atoms with Crippen molar-refractivity contribution in [2.45, 2.75) is 18.9 Å². The van der Waals surface area contributed by atoms with E-state index in [1.54, 1.807) is 24.3 Å². The van der Waals surface area contributed by atoms with Gasteiger partial charge in [0.05, 0.1) is 0 Å². The number of carbonyl (C=O) groups excluding carboxylic acids is 1. The van der Waals surface area contributed by atoms with Crippen molar-refractivity contribution in [1.82, 2.24) is 9.47 Å². The number of hydrogen-bond donors (Lipinski definition) is 0. The highest BCUT2D eigenvalue weighted by Crippen LogP contribution is 2.36. The fourth-order valence-corrected chi connectivity index (χ4v) is 5.95. The molecule has 1 atom stereocenters. The SMILES string of the molecule is O=C(CC(c1ccc(F)cc1)c1cn(Cc2ccc(F)cc2)c2ccccc12)N1CCN(c2cccc(Cl)c2)CC1. The van der Waals surface area contributed by atoms with Crippen molar-refractivity contribution in [2.24, 2.45) is 0 Å². The van der Waals surface area contributed by atoms with Gasteiger partial charge >= 0.3 is 0 Å². The molecule has 1 unspecified atom stereocenters. The summed E-state index contributed by atoms with van der Waals surface area (Å²) in [5, 5.41) is 1.74. The van der Waals surface area contributed by atoms with Gasteiger partial charge in [-0.15, -0.1) is 0 Å². The largest absolute Gasteiger partial charge is 0.368 e. The Hall–Kier alpha value is -4.16. The van der Waals surface area contributed by atoms with Crippen LogP contribution in [0.2, 0.25) is 5.02 Å². The molecule has 0 bridgehead atoms. The number of halogens is 3. The summed E-state index contributed by atoms with van der Waals surface area (Å²) in [5.74, 6) is -0.765. The number of aromatic nitrogens is 1. The lowest BCUT2D eigenvalue weighted by molar-refractivity contribution is -0.131. The molecule has 1 amide bonds. The maximum atomic E-state index is 13.9. The molecule has 0 radical (unpaired) electrons. The minimum absolute atomic E-state index is 0.0698. The van der Waals surface area contributed by atoms with Crippen molar-refractivity contribution < 1.29 is 13.6 Å². The van der Waals surface area contributed by atoms with E-state index in [4.69, 9.17) is 11.6 Å². The lowest BCUT2D eigenvalue weighted by Gasteiger charge is -2.36. The summed E-state index contributed by atoms with van der Waals surface area (Å²) in [6, 6.07) is 28.8. The highest BCUT2D eigenvalue weighted by atomic mass is 35.5. The average Bonchev–Trinajstić information content (AvgIpc) is 3.35. The molecule has 1 aliphatic heterocycles.